The lowest BCUT2D eigenvalue weighted by Gasteiger charge is -2.25. The summed E-state index contributed by atoms with van der Waals surface area (Å²) in [5, 5.41) is 18.3. The van der Waals surface area contributed by atoms with Crippen LogP contribution in [0.1, 0.15) is 24.8 Å². The van der Waals surface area contributed by atoms with Crippen LogP contribution in [0.2, 0.25) is 5.02 Å². The number of carboxylic acids is 1. The van der Waals surface area contributed by atoms with Crippen molar-refractivity contribution in [1.82, 2.24) is 4.90 Å². The van der Waals surface area contributed by atoms with Gasteiger partial charge in [-0.1, -0.05) is 23.7 Å². The molecule has 0 bridgehead atoms. The van der Waals surface area contributed by atoms with E-state index >= 15 is 0 Å². The smallest absolute Gasteiger partial charge is 0.300 e. The Morgan fingerprint density at radius 3 is 2.44 bits per heavy atom. The molecule has 1 aromatic heterocycles. The lowest BCUT2D eigenvalue weighted by Crippen LogP contribution is -2.32. The molecule has 4 rings (SSSR count). The number of hydrogen-bond donors (Lipinski definition) is 2. The predicted molar refractivity (Wildman–Crippen MR) is 130 cm³/mol. The quantitative estimate of drug-likeness (QED) is 0.553. The topological polar surface area (TPSA) is 109 Å². The Bertz CT molecular complexity index is 1240. The molecule has 0 saturated carbocycles. The Kier molecular flexibility index (Phi) is 8.19. The molecule has 2 aromatic carbocycles. The second kappa shape index (κ2) is 10.9. The van der Waals surface area contributed by atoms with Crippen LogP contribution in [0.15, 0.2) is 45.6 Å². The number of aliphatic carboxylic acids is 1. The summed E-state index contributed by atoms with van der Waals surface area (Å²) < 4.78 is 17.5. The summed E-state index contributed by atoms with van der Waals surface area (Å²) in [5.41, 5.74) is 1.59. The molecule has 2 heterocycles. The highest BCUT2D eigenvalue weighted by Gasteiger charge is 2.37. The van der Waals surface area contributed by atoms with Crippen molar-refractivity contribution in [2.45, 2.75) is 25.3 Å². The van der Waals surface area contributed by atoms with Crippen molar-refractivity contribution in [3.05, 3.63) is 57.2 Å². The largest absolute Gasteiger partial charge is 0.496 e. The van der Waals surface area contributed by atoms with Gasteiger partial charge >= 0.3 is 0 Å². The number of carboxylic acid groups (broad SMARTS) is 1. The van der Waals surface area contributed by atoms with Gasteiger partial charge in [-0.05, 0) is 32.1 Å². The molecule has 0 spiro atoms. The molecule has 34 heavy (non-hydrogen) atoms. The summed E-state index contributed by atoms with van der Waals surface area (Å²) in [6, 6.07) is 10.3. The molecule has 0 amide bonds. The van der Waals surface area contributed by atoms with Crippen molar-refractivity contribution in [3.8, 4) is 22.8 Å². The van der Waals surface area contributed by atoms with Crippen LogP contribution in [0.25, 0.3) is 22.3 Å². The van der Waals surface area contributed by atoms with Crippen molar-refractivity contribution in [1.29, 1.82) is 0 Å². The van der Waals surface area contributed by atoms with E-state index in [9.17, 15) is 9.90 Å². The average Bonchev–Trinajstić information content (AvgIpc) is 3.17. The minimum Gasteiger partial charge on any atom is -0.496 e. The number of fused-ring (bicyclic) bond motifs is 1. The van der Waals surface area contributed by atoms with Gasteiger partial charge in [0.1, 0.15) is 28.2 Å². The summed E-state index contributed by atoms with van der Waals surface area (Å²) in [5.74, 6) is 0.434. The SMILES string of the molecule is CC(=O)O.COc1cc(OC)c2c(=O)cc(-c3ccccc3Cl)oc2c1C1CCN(C)C1CO. The zero-order valence-corrected chi connectivity index (χ0v) is 20.3. The number of aliphatic hydroxyl groups excluding tert-OH is 1. The normalized spacial score (nSPS) is 17.8. The molecule has 0 radical (unpaired) electrons. The number of nitrogens with zero attached hydrogens (tertiary/aromatic N) is 1. The van der Waals surface area contributed by atoms with Gasteiger partial charge in [0.15, 0.2) is 5.43 Å². The van der Waals surface area contributed by atoms with Crippen molar-refractivity contribution in [2.24, 2.45) is 0 Å². The summed E-state index contributed by atoms with van der Waals surface area (Å²) in [6.07, 6.45) is 0.805. The van der Waals surface area contributed by atoms with E-state index < -0.39 is 5.97 Å². The number of likely N-dealkylation sites (tertiary alicyclic amines) is 1. The first-order valence-electron chi connectivity index (χ1n) is 10.7. The van der Waals surface area contributed by atoms with Gasteiger partial charge in [0, 0.05) is 42.1 Å². The highest BCUT2D eigenvalue weighted by molar-refractivity contribution is 6.33. The van der Waals surface area contributed by atoms with E-state index in [0.717, 1.165) is 25.5 Å². The number of halogens is 1. The number of aliphatic hydroxyl groups is 1. The van der Waals surface area contributed by atoms with Crippen LogP contribution < -0.4 is 14.9 Å². The fraction of sp³-hybridized carbons (Fsp3) is 0.360. The Morgan fingerprint density at radius 2 is 1.85 bits per heavy atom. The van der Waals surface area contributed by atoms with E-state index in [1.54, 1.807) is 19.2 Å². The maximum atomic E-state index is 13.2. The lowest BCUT2D eigenvalue weighted by atomic mass is 9.89. The van der Waals surface area contributed by atoms with Gasteiger partial charge in [-0.25, -0.2) is 0 Å². The Hall–Kier alpha value is -3.07. The zero-order chi connectivity index (χ0) is 25.0. The molecular weight excluding hydrogens is 462 g/mol. The fourth-order valence-corrected chi connectivity index (χ4v) is 4.61. The van der Waals surface area contributed by atoms with Crippen molar-refractivity contribution < 1.29 is 28.9 Å². The van der Waals surface area contributed by atoms with Gasteiger partial charge in [-0.3, -0.25) is 9.59 Å². The first-order valence-corrected chi connectivity index (χ1v) is 11.1. The van der Waals surface area contributed by atoms with Gasteiger partial charge < -0.3 is 29.0 Å². The third-order valence-electron chi connectivity index (χ3n) is 5.93. The third kappa shape index (κ3) is 5.04. The maximum Gasteiger partial charge on any atom is 0.300 e. The highest BCUT2D eigenvalue weighted by Crippen LogP contribution is 2.45. The summed E-state index contributed by atoms with van der Waals surface area (Å²) in [6.45, 7) is 1.90. The summed E-state index contributed by atoms with van der Waals surface area (Å²) >= 11 is 6.36. The molecule has 2 unspecified atom stereocenters. The molecule has 2 N–H and O–H groups in total. The fourth-order valence-electron chi connectivity index (χ4n) is 4.38. The molecule has 3 aromatic rings. The minimum absolute atomic E-state index is 0.00766. The molecule has 1 aliphatic heterocycles. The summed E-state index contributed by atoms with van der Waals surface area (Å²) in [4.78, 5) is 24.3. The zero-order valence-electron chi connectivity index (χ0n) is 19.5. The van der Waals surface area contributed by atoms with Gasteiger partial charge in [-0.2, -0.15) is 0 Å². The maximum absolute atomic E-state index is 13.2. The molecule has 0 aliphatic carbocycles. The van der Waals surface area contributed by atoms with Crippen LogP contribution in [0.3, 0.4) is 0 Å². The second-order valence-corrected chi connectivity index (χ2v) is 8.41. The van der Waals surface area contributed by atoms with Gasteiger partial charge in [0.05, 0.1) is 25.8 Å². The molecule has 1 aliphatic rings. The van der Waals surface area contributed by atoms with Crippen molar-refractivity contribution in [3.63, 3.8) is 0 Å². The van der Waals surface area contributed by atoms with Crippen LogP contribution in [-0.2, 0) is 4.79 Å². The van der Waals surface area contributed by atoms with E-state index in [2.05, 4.69) is 4.90 Å². The standard InChI is InChI=1S/C23H24ClNO5.C2H4O2/c1-25-9-8-14(16(25)12-26)21-19(28-2)11-20(29-3)22-17(27)10-18(30-23(21)22)13-6-4-5-7-15(13)24;1-2(3)4/h4-7,10-11,14,16,26H,8-9,12H2,1-3H3;1H3,(H,3,4). The number of rotatable bonds is 5. The number of benzene rings is 2. The predicted octanol–water partition coefficient (Wildman–Crippen LogP) is 4.00. The van der Waals surface area contributed by atoms with Crippen LogP contribution in [0.4, 0.5) is 0 Å². The van der Waals surface area contributed by atoms with Crippen LogP contribution >= 0.6 is 11.6 Å². The average molecular weight is 490 g/mol. The van der Waals surface area contributed by atoms with Crippen LogP contribution in [-0.4, -0.2) is 61.5 Å². The second-order valence-electron chi connectivity index (χ2n) is 8.00. The van der Waals surface area contributed by atoms with E-state index in [1.165, 1.54) is 13.2 Å². The number of likely N-dealkylation sites (N-methyl/N-ethyl adjacent to an activating group) is 1. The Balaban J connectivity index is 0.000000751. The van der Waals surface area contributed by atoms with Crippen LogP contribution in [0.5, 0.6) is 11.5 Å². The number of hydrogen-bond acceptors (Lipinski definition) is 7. The van der Waals surface area contributed by atoms with Gasteiger partial charge in [0.25, 0.3) is 5.97 Å². The van der Waals surface area contributed by atoms with Crippen molar-refractivity contribution in [2.75, 3.05) is 34.4 Å². The number of ether oxygens (including phenoxy) is 2. The molecular formula is C25H28ClNO7. The van der Waals surface area contributed by atoms with E-state index in [1.807, 2.05) is 25.2 Å². The first kappa shape index (κ1) is 25.6. The summed E-state index contributed by atoms with van der Waals surface area (Å²) in [7, 11) is 5.06. The van der Waals surface area contributed by atoms with Crippen molar-refractivity contribution >= 4 is 28.5 Å². The van der Waals surface area contributed by atoms with Crippen LogP contribution in [0, 0.1) is 0 Å². The highest BCUT2D eigenvalue weighted by atomic mass is 35.5. The molecule has 1 saturated heterocycles. The molecule has 182 valence electrons. The Morgan fingerprint density at radius 1 is 1.21 bits per heavy atom. The van der Waals surface area contributed by atoms with E-state index in [4.69, 9.17) is 35.4 Å². The lowest BCUT2D eigenvalue weighted by molar-refractivity contribution is -0.134. The van der Waals surface area contributed by atoms with E-state index in [0.29, 0.717) is 38.8 Å². The molecule has 9 heteroatoms. The Labute approximate surface area is 202 Å². The first-order chi connectivity index (χ1) is 16.2. The van der Waals surface area contributed by atoms with Gasteiger partial charge in [-0.15, -0.1) is 0 Å². The third-order valence-corrected chi connectivity index (χ3v) is 6.26. The monoisotopic (exact) mass is 489 g/mol. The van der Waals surface area contributed by atoms with E-state index in [-0.39, 0.29) is 24.0 Å². The molecule has 2 atom stereocenters. The molecule has 8 nitrogen and oxygen atoms in total. The molecule has 1 fully saturated rings. The minimum atomic E-state index is -0.833. The van der Waals surface area contributed by atoms with Gasteiger partial charge in [0.2, 0.25) is 0 Å². The number of methoxy groups -OCH3 is 2. The number of carbonyl (C=O) groups is 1.